The van der Waals surface area contributed by atoms with Crippen LogP contribution in [0.2, 0.25) is 0 Å². The maximum atomic E-state index is 12.3. The molecule has 1 aromatic carbocycles. The quantitative estimate of drug-likeness (QED) is 0.889. The summed E-state index contributed by atoms with van der Waals surface area (Å²) in [5.41, 5.74) is 2.25. The highest BCUT2D eigenvalue weighted by Gasteiger charge is 2.27. The molecule has 2 unspecified atom stereocenters. The molecule has 0 bridgehead atoms. The second kappa shape index (κ2) is 6.20. The minimum absolute atomic E-state index is 0.0325. The van der Waals surface area contributed by atoms with Crippen molar-refractivity contribution in [3.63, 3.8) is 0 Å². The maximum Gasteiger partial charge on any atom is 0.358 e. The summed E-state index contributed by atoms with van der Waals surface area (Å²) < 4.78 is 1.23. The van der Waals surface area contributed by atoms with Crippen LogP contribution in [-0.4, -0.2) is 32.0 Å². The van der Waals surface area contributed by atoms with E-state index in [0.29, 0.717) is 5.92 Å². The number of carboxylic acid groups (broad SMARTS) is 1. The van der Waals surface area contributed by atoms with Gasteiger partial charge in [0.05, 0.1) is 12.2 Å². The zero-order chi connectivity index (χ0) is 16.4. The number of rotatable bonds is 4. The third kappa shape index (κ3) is 3.23. The SMILES string of the molecule is CC1CCc2ccccc2C1NC(=O)Cn1cc(C(=O)O)nn1. The Balaban J connectivity index is 1.71. The summed E-state index contributed by atoms with van der Waals surface area (Å²) in [6, 6.07) is 8.10. The van der Waals surface area contributed by atoms with Crippen LogP contribution < -0.4 is 5.32 Å². The molecule has 1 amide bonds. The van der Waals surface area contributed by atoms with Crippen LogP contribution in [0.15, 0.2) is 30.5 Å². The lowest BCUT2D eigenvalue weighted by molar-refractivity contribution is -0.123. The average Bonchev–Trinajstić information content (AvgIpc) is 2.99. The fourth-order valence-corrected chi connectivity index (χ4v) is 2.98. The molecule has 0 saturated carbocycles. The van der Waals surface area contributed by atoms with E-state index in [0.717, 1.165) is 18.4 Å². The molecule has 0 spiro atoms. The first-order valence-corrected chi connectivity index (χ1v) is 7.55. The Morgan fingerprint density at radius 2 is 2.17 bits per heavy atom. The molecule has 2 N–H and O–H groups in total. The third-order valence-electron chi connectivity index (χ3n) is 4.21. The van der Waals surface area contributed by atoms with Crippen LogP contribution in [0.25, 0.3) is 0 Å². The lowest BCUT2D eigenvalue weighted by Crippen LogP contribution is -2.37. The Morgan fingerprint density at radius 1 is 1.39 bits per heavy atom. The van der Waals surface area contributed by atoms with E-state index in [9.17, 15) is 9.59 Å². The number of nitrogens with one attached hydrogen (secondary N) is 1. The normalized spacial score (nSPS) is 19.9. The number of nitrogens with zero attached hydrogens (tertiary/aromatic N) is 3. The Labute approximate surface area is 133 Å². The predicted molar refractivity (Wildman–Crippen MR) is 81.8 cm³/mol. The number of benzene rings is 1. The van der Waals surface area contributed by atoms with Crippen molar-refractivity contribution in [3.8, 4) is 0 Å². The summed E-state index contributed by atoms with van der Waals surface area (Å²) in [6.07, 6.45) is 3.30. The van der Waals surface area contributed by atoms with E-state index in [1.54, 1.807) is 0 Å². The van der Waals surface area contributed by atoms with Gasteiger partial charge >= 0.3 is 5.97 Å². The lowest BCUT2D eigenvalue weighted by Gasteiger charge is -2.32. The number of hydrogen-bond acceptors (Lipinski definition) is 4. The molecule has 1 aliphatic rings. The van der Waals surface area contributed by atoms with E-state index in [1.807, 2.05) is 18.2 Å². The number of hydrogen-bond donors (Lipinski definition) is 2. The molecule has 1 aliphatic carbocycles. The summed E-state index contributed by atoms with van der Waals surface area (Å²) >= 11 is 0. The monoisotopic (exact) mass is 314 g/mol. The third-order valence-corrected chi connectivity index (χ3v) is 4.21. The van der Waals surface area contributed by atoms with Gasteiger partial charge in [0, 0.05) is 0 Å². The van der Waals surface area contributed by atoms with Gasteiger partial charge in [-0.15, -0.1) is 5.10 Å². The molecule has 7 nitrogen and oxygen atoms in total. The van der Waals surface area contributed by atoms with Gasteiger partial charge in [-0.05, 0) is 29.9 Å². The summed E-state index contributed by atoms with van der Waals surface area (Å²) in [7, 11) is 0. The van der Waals surface area contributed by atoms with Crippen molar-refractivity contribution in [2.45, 2.75) is 32.4 Å². The zero-order valence-corrected chi connectivity index (χ0v) is 12.8. The fourth-order valence-electron chi connectivity index (χ4n) is 2.98. The van der Waals surface area contributed by atoms with Gasteiger partial charge in [0.1, 0.15) is 6.54 Å². The Hall–Kier alpha value is -2.70. The van der Waals surface area contributed by atoms with Crippen molar-refractivity contribution < 1.29 is 14.7 Å². The molecular weight excluding hydrogens is 296 g/mol. The fraction of sp³-hybridized carbons (Fsp3) is 0.375. The number of aryl methyl sites for hydroxylation is 1. The van der Waals surface area contributed by atoms with Crippen LogP contribution >= 0.6 is 0 Å². The molecule has 0 saturated heterocycles. The number of aromatic carboxylic acids is 1. The van der Waals surface area contributed by atoms with Crippen LogP contribution in [0.3, 0.4) is 0 Å². The van der Waals surface area contributed by atoms with Crippen LogP contribution in [0.4, 0.5) is 0 Å². The molecule has 120 valence electrons. The smallest absolute Gasteiger partial charge is 0.358 e. The highest BCUT2D eigenvalue weighted by atomic mass is 16.4. The van der Waals surface area contributed by atoms with Crippen molar-refractivity contribution in [2.75, 3.05) is 0 Å². The van der Waals surface area contributed by atoms with Crippen molar-refractivity contribution >= 4 is 11.9 Å². The highest BCUT2D eigenvalue weighted by molar-refractivity contribution is 5.84. The Bertz CT molecular complexity index is 740. The van der Waals surface area contributed by atoms with Gasteiger partial charge in [-0.25, -0.2) is 9.48 Å². The molecular formula is C16H18N4O3. The van der Waals surface area contributed by atoms with E-state index in [-0.39, 0.29) is 24.2 Å². The molecule has 1 aromatic heterocycles. The number of fused-ring (bicyclic) bond motifs is 1. The summed E-state index contributed by atoms with van der Waals surface area (Å²) in [5.74, 6) is -1.02. The topological polar surface area (TPSA) is 97.1 Å². The molecule has 1 heterocycles. The Morgan fingerprint density at radius 3 is 2.91 bits per heavy atom. The maximum absolute atomic E-state index is 12.3. The average molecular weight is 314 g/mol. The number of carboxylic acids is 1. The minimum Gasteiger partial charge on any atom is -0.476 e. The summed E-state index contributed by atoms with van der Waals surface area (Å²) in [4.78, 5) is 23.0. The highest BCUT2D eigenvalue weighted by Crippen LogP contribution is 2.33. The van der Waals surface area contributed by atoms with E-state index in [1.165, 1.54) is 16.4 Å². The first kappa shape index (κ1) is 15.2. The van der Waals surface area contributed by atoms with E-state index >= 15 is 0 Å². The first-order chi connectivity index (χ1) is 11.0. The van der Waals surface area contributed by atoms with Gasteiger partial charge < -0.3 is 10.4 Å². The molecule has 0 fully saturated rings. The van der Waals surface area contributed by atoms with Crippen LogP contribution in [-0.2, 0) is 17.8 Å². The second-order valence-corrected chi connectivity index (χ2v) is 5.87. The van der Waals surface area contributed by atoms with E-state index in [2.05, 4.69) is 28.6 Å². The van der Waals surface area contributed by atoms with Crippen molar-refractivity contribution in [1.29, 1.82) is 0 Å². The van der Waals surface area contributed by atoms with Crippen LogP contribution in [0.1, 0.15) is 41.0 Å². The Kier molecular flexibility index (Phi) is 4.10. The molecule has 0 aliphatic heterocycles. The van der Waals surface area contributed by atoms with Gasteiger partial charge in [0.15, 0.2) is 5.69 Å². The van der Waals surface area contributed by atoms with Gasteiger partial charge in [0.2, 0.25) is 5.91 Å². The van der Waals surface area contributed by atoms with Gasteiger partial charge in [-0.2, -0.15) is 0 Å². The number of carbonyl (C=O) groups is 2. The first-order valence-electron chi connectivity index (χ1n) is 7.55. The van der Waals surface area contributed by atoms with E-state index < -0.39 is 5.97 Å². The molecule has 7 heteroatoms. The van der Waals surface area contributed by atoms with Crippen molar-refractivity contribution in [1.82, 2.24) is 20.3 Å². The van der Waals surface area contributed by atoms with Gasteiger partial charge in [-0.3, -0.25) is 4.79 Å². The molecule has 0 radical (unpaired) electrons. The number of amides is 1. The molecule has 3 rings (SSSR count). The number of carbonyl (C=O) groups excluding carboxylic acids is 1. The molecule has 23 heavy (non-hydrogen) atoms. The van der Waals surface area contributed by atoms with Crippen molar-refractivity contribution in [3.05, 3.63) is 47.3 Å². The minimum atomic E-state index is -1.16. The molecule has 2 atom stereocenters. The largest absolute Gasteiger partial charge is 0.476 e. The summed E-state index contributed by atoms with van der Waals surface area (Å²) in [5, 5.41) is 19.0. The predicted octanol–water partition coefficient (Wildman–Crippen LogP) is 1.42. The van der Waals surface area contributed by atoms with Gasteiger partial charge in [0.25, 0.3) is 0 Å². The lowest BCUT2D eigenvalue weighted by atomic mass is 9.80. The van der Waals surface area contributed by atoms with E-state index in [4.69, 9.17) is 5.11 Å². The van der Waals surface area contributed by atoms with Crippen LogP contribution in [0.5, 0.6) is 0 Å². The second-order valence-electron chi connectivity index (χ2n) is 5.87. The zero-order valence-electron chi connectivity index (χ0n) is 12.8. The summed E-state index contributed by atoms with van der Waals surface area (Å²) in [6.45, 7) is 2.07. The van der Waals surface area contributed by atoms with Crippen LogP contribution in [0, 0.1) is 5.92 Å². The standard InChI is InChI=1S/C16H18N4O3/c1-10-6-7-11-4-2-3-5-12(11)15(10)17-14(21)9-20-8-13(16(22)23)18-19-20/h2-5,8,10,15H,6-7,9H2,1H3,(H,17,21)(H,22,23). The van der Waals surface area contributed by atoms with Gasteiger partial charge in [-0.1, -0.05) is 36.4 Å². The number of aromatic nitrogens is 3. The molecule has 2 aromatic rings. The van der Waals surface area contributed by atoms with Crippen molar-refractivity contribution in [2.24, 2.45) is 5.92 Å².